The summed E-state index contributed by atoms with van der Waals surface area (Å²) in [5.41, 5.74) is 0.630. The van der Waals surface area contributed by atoms with Gasteiger partial charge in [0.05, 0.1) is 5.25 Å². The number of thioether (sulfide) groups is 1. The fourth-order valence-corrected chi connectivity index (χ4v) is 3.39. The van der Waals surface area contributed by atoms with E-state index >= 15 is 0 Å². The highest BCUT2D eigenvalue weighted by Crippen LogP contribution is 2.36. The van der Waals surface area contributed by atoms with Crippen molar-refractivity contribution in [2.24, 2.45) is 0 Å². The molecule has 0 aromatic heterocycles. The highest BCUT2D eigenvalue weighted by Gasteiger charge is 2.18. The van der Waals surface area contributed by atoms with Crippen molar-refractivity contribution in [2.75, 3.05) is 13.2 Å². The van der Waals surface area contributed by atoms with Gasteiger partial charge in [0.15, 0.2) is 17.3 Å². The molecule has 1 heterocycles. The summed E-state index contributed by atoms with van der Waals surface area (Å²) in [7, 11) is 0. The van der Waals surface area contributed by atoms with E-state index in [0.717, 1.165) is 16.4 Å². The van der Waals surface area contributed by atoms with Crippen molar-refractivity contribution in [1.29, 1.82) is 0 Å². The number of ketones is 1. The molecule has 5 heteroatoms. The monoisotopic (exact) mass is 334 g/mol. The molecule has 1 atom stereocenters. The molecular formula is C17H15ClO3S. The highest BCUT2D eigenvalue weighted by atomic mass is 35.5. The third-order valence-electron chi connectivity index (χ3n) is 3.30. The van der Waals surface area contributed by atoms with Gasteiger partial charge >= 0.3 is 0 Å². The molecule has 22 heavy (non-hydrogen) atoms. The smallest absolute Gasteiger partial charge is 0.175 e. The van der Waals surface area contributed by atoms with Gasteiger partial charge in [-0.15, -0.1) is 11.8 Å². The van der Waals surface area contributed by atoms with Crippen molar-refractivity contribution in [3.8, 4) is 11.5 Å². The Morgan fingerprint density at radius 1 is 1.14 bits per heavy atom. The van der Waals surface area contributed by atoms with Gasteiger partial charge in [0.1, 0.15) is 13.2 Å². The van der Waals surface area contributed by atoms with Crippen molar-refractivity contribution in [3.63, 3.8) is 0 Å². The molecule has 114 valence electrons. The molecule has 1 unspecified atom stereocenters. The maximum Gasteiger partial charge on any atom is 0.175 e. The largest absolute Gasteiger partial charge is 0.486 e. The number of hydrogen-bond acceptors (Lipinski definition) is 4. The number of benzene rings is 2. The number of hydrogen-bond donors (Lipinski definition) is 0. The minimum Gasteiger partial charge on any atom is -0.486 e. The van der Waals surface area contributed by atoms with Crippen LogP contribution < -0.4 is 9.47 Å². The zero-order valence-electron chi connectivity index (χ0n) is 12.0. The maximum atomic E-state index is 12.5. The first kappa shape index (κ1) is 15.3. The van der Waals surface area contributed by atoms with Gasteiger partial charge in [0, 0.05) is 15.5 Å². The molecule has 0 radical (unpaired) electrons. The molecule has 3 nitrogen and oxygen atoms in total. The average molecular weight is 335 g/mol. The first-order chi connectivity index (χ1) is 10.6. The van der Waals surface area contributed by atoms with Crippen LogP contribution in [0.15, 0.2) is 47.4 Å². The number of rotatable bonds is 4. The minimum atomic E-state index is -0.207. The molecule has 1 aliphatic rings. The summed E-state index contributed by atoms with van der Waals surface area (Å²) in [4.78, 5) is 13.4. The summed E-state index contributed by atoms with van der Waals surface area (Å²) in [5.74, 6) is 1.55. The fraction of sp³-hybridized carbons (Fsp3) is 0.235. The Bertz CT molecular complexity index is 702. The van der Waals surface area contributed by atoms with Gasteiger partial charge in [-0.05, 0) is 37.3 Å². The molecule has 0 bridgehead atoms. The van der Waals surface area contributed by atoms with Crippen LogP contribution in [-0.4, -0.2) is 24.2 Å². The molecule has 1 aliphatic heterocycles. The number of halogens is 1. The second-order valence-corrected chi connectivity index (χ2v) is 6.79. The topological polar surface area (TPSA) is 35.5 Å². The number of Topliss-reactive ketones (excluding diaryl/α,β-unsaturated/α-hetero) is 1. The van der Waals surface area contributed by atoms with Gasteiger partial charge in [0.25, 0.3) is 0 Å². The Morgan fingerprint density at radius 3 is 2.68 bits per heavy atom. The molecule has 3 rings (SSSR count). The van der Waals surface area contributed by atoms with Gasteiger partial charge in [-0.25, -0.2) is 0 Å². The maximum absolute atomic E-state index is 12.5. The van der Waals surface area contributed by atoms with Crippen LogP contribution in [0.3, 0.4) is 0 Å². The predicted octanol–water partition coefficient (Wildman–Crippen LogP) is 4.47. The Labute approximate surface area is 138 Å². The summed E-state index contributed by atoms with van der Waals surface area (Å²) < 4.78 is 11.1. The lowest BCUT2D eigenvalue weighted by Crippen LogP contribution is -2.15. The highest BCUT2D eigenvalue weighted by molar-refractivity contribution is 8.00. The van der Waals surface area contributed by atoms with Crippen molar-refractivity contribution in [3.05, 3.63) is 53.1 Å². The summed E-state index contributed by atoms with van der Waals surface area (Å²) >= 11 is 7.44. The molecular weight excluding hydrogens is 320 g/mol. The van der Waals surface area contributed by atoms with E-state index in [9.17, 15) is 4.79 Å². The second kappa shape index (κ2) is 6.63. The molecule has 2 aromatic carbocycles. The van der Waals surface area contributed by atoms with Gasteiger partial charge in [-0.3, -0.25) is 4.79 Å². The first-order valence-corrected chi connectivity index (χ1v) is 8.25. The third-order valence-corrected chi connectivity index (χ3v) is 4.63. The van der Waals surface area contributed by atoms with Crippen LogP contribution in [0, 0.1) is 0 Å². The summed E-state index contributed by atoms with van der Waals surface area (Å²) in [6, 6.07) is 12.8. The van der Waals surface area contributed by atoms with Crippen LogP contribution in [-0.2, 0) is 0 Å². The summed E-state index contributed by atoms with van der Waals surface area (Å²) in [5, 5.41) is 0.364. The lowest BCUT2D eigenvalue weighted by Gasteiger charge is -2.19. The zero-order valence-corrected chi connectivity index (χ0v) is 13.6. The zero-order chi connectivity index (χ0) is 15.5. The number of carbonyl (C=O) groups excluding carboxylic acids is 1. The average Bonchev–Trinajstić information content (AvgIpc) is 2.54. The Kier molecular flexibility index (Phi) is 4.60. The van der Waals surface area contributed by atoms with Crippen molar-refractivity contribution in [2.45, 2.75) is 17.1 Å². The molecule has 0 saturated carbocycles. The molecule has 2 aromatic rings. The van der Waals surface area contributed by atoms with E-state index in [1.54, 1.807) is 24.3 Å². The van der Waals surface area contributed by atoms with Crippen LogP contribution in [0.2, 0.25) is 5.02 Å². The predicted molar refractivity (Wildman–Crippen MR) is 88.5 cm³/mol. The van der Waals surface area contributed by atoms with Crippen LogP contribution in [0.25, 0.3) is 0 Å². The number of ether oxygens (including phenoxy) is 2. The third kappa shape index (κ3) is 3.39. The summed E-state index contributed by atoms with van der Waals surface area (Å²) in [6.07, 6.45) is 0. The van der Waals surface area contributed by atoms with Gasteiger partial charge in [0.2, 0.25) is 0 Å². The molecule has 0 N–H and O–H groups in total. The van der Waals surface area contributed by atoms with E-state index in [0.29, 0.717) is 23.8 Å². The first-order valence-electron chi connectivity index (χ1n) is 6.99. The van der Waals surface area contributed by atoms with Gasteiger partial charge < -0.3 is 9.47 Å². The van der Waals surface area contributed by atoms with Crippen LogP contribution in [0.5, 0.6) is 11.5 Å². The number of fused-ring (bicyclic) bond motifs is 1. The Morgan fingerprint density at radius 2 is 1.91 bits per heavy atom. The van der Waals surface area contributed by atoms with Crippen molar-refractivity contribution >= 4 is 29.1 Å². The summed E-state index contributed by atoms with van der Waals surface area (Å²) in [6.45, 7) is 3.02. The lowest BCUT2D eigenvalue weighted by molar-refractivity contribution is 0.0994. The van der Waals surface area contributed by atoms with Crippen molar-refractivity contribution in [1.82, 2.24) is 0 Å². The van der Waals surface area contributed by atoms with Crippen molar-refractivity contribution < 1.29 is 14.3 Å². The Hall–Kier alpha value is -1.65. The molecule has 0 spiro atoms. The van der Waals surface area contributed by atoms with Crippen LogP contribution >= 0.6 is 23.4 Å². The quantitative estimate of drug-likeness (QED) is 0.610. The SMILES string of the molecule is CC(Sc1ccc2c(c1)OCCO2)C(=O)c1cccc(Cl)c1. The molecule has 0 fully saturated rings. The molecule has 0 aliphatic carbocycles. The Balaban J connectivity index is 1.73. The lowest BCUT2D eigenvalue weighted by atomic mass is 10.1. The van der Waals surface area contributed by atoms with Crippen LogP contribution in [0.1, 0.15) is 17.3 Å². The van der Waals surface area contributed by atoms with E-state index in [-0.39, 0.29) is 11.0 Å². The molecule has 0 saturated heterocycles. The number of carbonyl (C=O) groups is 1. The standard InChI is InChI=1S/C17H15ClO3S/c1-11(17(19)12-3-2-4-13(18)9-12)22-14-5-6-15-16(10-14)21-8-7-20-15/h2-6,9-11H,7-8H2,1H3. The van der Waals surface area contributed by atoms with Gasteiger partial charge in [-0.2, -0.15) is 0 Å². The van der Waals surface area contributed by atoms with Crippen LogP contribution in [0.4, 0.5) is 0 Å². The normalized spacial score (nSPS) is 14.5. The van der Waals surface area contributed by atoms with E-state index in [1.807, 2.05) is 25.1 Å². The minimum absolute atomic E-state index is 0.0578. The van der Waals surface area contributed by atoms with E-state index in [2.05, 4.69) is 0 Å². The van der Waals surface area contributed by atoms with Gasteiger partial charge in [-0.1, -0.05) is 23.7 Å². The fourth-order valence-electron chi connectivity index (χ4n) is 2.23. The second-order valence-electron chi connectivity index (χ2n) is 4.94. The van der Waals surface area contributed by atoms with E-state index in [4.69, 9.17) is 21.1 Å². The van der Waals surface area contributed by atoms with E-state index < -0.39 is 0 Å². The van der Waals surface area contributed by atoms with E-state index in [1.165, 1.54) is 11.8 Å². The molecule has 0 amide bonds.